The number of pyridine rings is 1. The van der Waals surface area contributed by atoms with Crippen LogP contribution in [0.4, 0.5) is 11.6 Å². The van der Waals surface area contributed by atoms with Crippen molar-refractivity contribution in [2.45, 2.75) is 33.5 Å². The van der Waals surface area contributed by atoms with Crippen molar-refractivity contribution >= 4 is 40.9 Å². The number of nitrogen functional groups attached to an aromatic ring is 1. The van der Waals surface area contributed by atoms with Crippen LogP contribution < -0.4 is 11.1 Å². The molecule has 0 saturated carbocycles. The summed E-state index contributed by atoms with van der Waals surface area (Å²) in [6.07, 6.45) is 6.84. The topological polar surface area (TPSA) is 137 Å². The number of aromatic carboxylic acids is 1. The molecule has 0 saturated heterocycles. The Labute approximate surface area is 219 Å². The van der Waals surface area contributed by atoms with Gasteiger partial charge in [0.25, 0.3) is 0 Å². The van der Waals surface area contributed by atoms with Crippen molar-refractivity contribution in [2.75, 3.05) is 11.1 Å². The van der Waals surface area contributed by atoms with Gasteiger partial charge in [0, 0.05) is 37.4 Å². The van der Waals surface area contributed by atoms with Gasteiger partial charge >= 0.3 is 5.97 Å². The van der Waals surface area contributed by atoms with Crippen molar-refractivity contribution in [1.82, 2.24) is 29.3 Å². The van der Waals surface area contributed by atoms with E-state index >= 15 is 0 Å². The highest BCUT2D eigenvalue weighted by Crippen LogP contribution is 2.27. The van der Waals surface area contributed by atoms with Crippen LogP contribution in [0.3, 0.4) is 0 Å². The molecule has 0 unspecified atom stereocenters. The lowest BCUT2D eigenvalue weighted by Crippen LogP contribution is -2.09. The predicted molar refractivity (Wildman–Crippen MR) is 144 cm³/mol. The van der Waals surface area contributed by atoms with Gasteiger partial charge in [-0.25, -0.2) is 19.7 Å². The lowest BCUT2D eigenvalue weighted by molar-refractivity contribution is 0.0687. The third-order valence-electron chi connectivity index (χ3n) is 6.17. The molecule has 0 radical (unpaired) electrons. The Morgan fingerprint density at radius 2 is 1.84 bits per heavy atom. The first kappa shape index (κ1) is 25.6. The molecule has 4 aromatic heterocycles. The molecule has 0 aliphatic heterocycles. The fourth-order valence-electron chi connectivity index (χ4n) is 4.41. The summed E-state index contributed by atoms with van der Waals surface area (Å²) < 4.78 is 3.56. The molecule has 4 heterocycles. The molecule has 0 aliphatic carbocycles. The van der Waals surface area contributed by atoms with E-state index in [0.29, 0.717) is 42.2 Å². The van der Waals surface area contributed by atoms with Crippen LogP contribution in [0.5, 0.6) is 0 Å². The highest BCUT2D eigenvalue weighted by atomic mass is 35.5. The number of carboxylic acids is 1. The van der Waals surface area contributed by atoms with Gasteiger partial charge < -0.3 is 20.7 Å². The van der Waals surface area contributed by atoms with Crippen LogP contribution in [0.25, 0.3) is 10.9 Å². The summed E-state index contributed by atoms with van der Waals surface area (Å²) in [4.78, 5) is 25.2. The van der Waals surface area contributed by atoms with Crippen LogP contribution in [0.1, 0.15) is 38.4 Å². The number of rotatable bonds is 8. The fourth-order valence-corrected chi connectivity index (χ4v) is 4.41. The van der Waals surface area contributed by atoms with Gasteiger partial charge in [0.05, 0.1) is 11.9 Å². The smallest absolute Gasteiger partial charge is 0.354 e. The summed E-state index contributed by atoms with van der Waals surface area (Å²) in [5.74, 6) is 0.00148. The van der Waals surface area contributed by atoms with Crippen LogP contribution >= 0.6 is 12.4 Å². The maximum atomic E-state index is 12.2. The van der Waals surface area contributed by atoms with Crippen molar-refractivity contribution < 1.29 is 9.90 Å². The minimum atomic E-state index is -1.04. The molecule has 0 bridgehead atoms. The minimum absolute atomic E-state index is 0. The number of aromatic nitrogens is 6. The van der Waals surface area contributed by atoms with Crippen LogP contribution in [-0.2, 0) is 19.6 Å². The molecular weight excluding hydrogens is 492 g/mol. The van der Waals surface area contributed by atoms with Gasteiger partial charge in [-0.05, 0) is 48.2 Å². The van der Waals surface area contributed by atoms with Crippen molar-refractivity contribution in [3.8, 4) is 0 Å². The van der Waals surface area contributed by atoms with E-state index in [9.17, 15) is 9.90 Å². The van der Waals surface area contributed by atoms with Gasteiger partial charge in [0.1, 0.15) is 23.5 Å². The Bertz CT molecular complexity index is 1520. The molecule has 5 rings (SSSR count). The van der Waals surface area contributed by atoms with E-state index in [-0.39, 0.29) is 18.1 Å². The molecule has 1 aromatic carbocycles. The van der Waals surface area contributed by atoms with Crippen molar-refractivity contribution in [1.29, 1.82) is 0 Å². The van der Waals surface area contributed by atoms with Crippen LogP contribution in [0.2, 0.25) is 0 Å². The molecular formula is C26H27ClN8O2. The first-order chi connectivity index (χ1) is 17.4. The quantitative estimate of drug-likeness (QED) is 0.280. The summed E-state index contributed by atoms with van der Waals surface area (Å²) in [5.41, 5.74) is 11.3. The van der Waals surface area contributed by atoms with Gasteiger partial charge in [-0.2, -0.15) is 5.10 Å². The Balaban J connectivity index is 0.00000320. The number of nitrogens with zero attached hydrogens (tertiary/aromatic N) is 6. The van der Waals surface area contributed by atoms with Crippen molar-refractivity contribution in [2.24, 2.45) is 0 Å². The van der Waals surface area contributed by atoms with Crippen molar-refractivity contribution in [3.05, 3.63) is 95.0 Å². The SMILES string of the molecule is Cc1cc(N)nc(C)c1CNc1ncnc2c(C(=O)O)n(Cc3ccc(Cn4cccn4)cc3)cc12.Cl. The average Bonchev–Trinajstić information content (AvgIpc) is 3.47. The van der Waals surface area contributed by atoms with E-state index in [1.54, 1.807) is 17.0 Å². The lowest BCUT2D eigenvalue weighted by Gasteiger charge is -2.12. The third kappa shape index (κ3) is 5.39. The average molecular weight is 519 g/mol. The second-order valence-electron chi connectivity index (χ2n) is 8.70. The van der Waals surface area contributed by atoms with E-state index in [4.69, 9.17) is 5.73 Å². The number of anilines is 2. The summed E-state index contributed by atoms with van der Waals surface area (Å²) >= 11 is 0. The maximum absolute atomic E-state index is 12.2. The number of fused-ring (bicyclic) bond motifs is 1. The van der Waals surface area contributed by atoms with Crippen LogP contribution in [0, 0.1) is 13.8 Å². The van der Waals surface area contributed by atoms with E-state index < -0.39 is 5.97 Å². The molecule has 190 valence electrons. The van der Waals surface area contributed by atoms with Gasteiger partial charge in [-0.3, -0.25) is 4.68 Å². The monoisotopic (exact) mass is 518 g/mol. The zero-order valence-electron chi connectivity index (χ0n) is 20.4. The zero-order valence-corrected chi connectivity index (χ0v) is 21.2. The van der Waals surface area contributed by atoms with Gasteiger partial charge in [-0.15, -0.1) is 12.4 Å². The number of carboxylic acid groups (broad SMARTS) is 1. The lowest BCUT2D eigenvalue weighted by atomic mass is 10.1. The second-order valence-corrected chi connectivity index (χ2v) is 8.70. The zero-order chi connectivity index (χ0) is 25.2. The maximum Gasteiger partial charge on any atom is 0.354 e. The highest BCUT2D eigenvalue weighted by Gasteiger charge is 2.20. The molecule has 5 aromatic rings. The summed E-state index contributed by atoms with van der Waals surface area (Å²) in [6, 6.07) is 11.8. The Hall–Kier alpha value is -4.44. The fraction of sp³-hybridized carbons (Fsp3) is 0.192. The highest BCUT2D eigenvalue weighted by molar-refractivity contribution is 6.04. The summed E-state index contributed by atoms with van der Waals surface area (Å²) in [7, 11) is 0. The van der Waals surface area contributed by atoms with E-state index in [1.165, 1.54) is 6.33 Å². The Morgan fingerprint density at radius 3 is 2.49 bits per heavy atom. The molecule has 0 spiro atoms. The van der Waals surface area contributed by atoms with E-state index in [1.807, 2.05) is 61.1 Å². The molecule has 10 nitrogen and oxygen atoms in total. The number of halogens is 1. The normalized spacial score (nSPS) is 10.9. The largest absolute Gasteiger partial charge is 0.477 e. The van der Waals surface area contributed by atoms with Crippen LogP contribution in [-0.4, -0.2) is 40.4 Å². The van der Waals surface area contributed by atoms with Gasteiger partial charge in [0.2, 0.25) is 0 Å². The number of nitrogens with one attached hydrogen (secondary N) is 1. The molecule has 11 heteroatoms. The molecule has 0 amide bonds. The Kier molecular flexibility index (Phi) is 7.40. The van der Waals surface area contributed by atoms with Crippen LogP contribution in [0.15, 0.2) is 61.3 Å². The standard InChI is InChI=1S/C26H26N8O2.ClH/c1-16-10-22(27)32-17(2)20(16)11-28-25-21-14-33(24(26(35)36)23(21)29-15-30-25)12-18-4-6-19(7-5-18)13-34-9-3-8-31-34;/h3-10,14-15H,11-13H2,1-2H3,(H2,27,32)(H,35,36)(H,28,29,30);1H. The first-order valence-electron chi connectivity index (χ1n) is 11.5. The Morgan fingerprint density at radius 1 is 1.11 bits per heavy atom. The number of aryl methyl sites for hydroxylation is 2. The molecule has 4 N–H and O–H groups in total. The number of hydrogen-bond donors (Lipinski definition) is 3. The molecule has 0 fully saturated rings. The van der Waals surface area contributed by atoms with E-state index in [2.05, 4.69) is 25.4 Å². The summed E-state index contributed by atoms with van der Waals surface area (Å²) in [5, 5.41) is 18.2. The number of carbonyl (C=O) groups is 1. The molecule has 0 aliphatic rings. The van der Waals surface area contributed by atoms with Gasteiger partial charge in [0.15, 0.2) is 5.69 Å². The predicted octanol–water partition coefficient (Wildman–Crippen LogP) is 4.05. The van der Waals surface area contributed by atoms with E-state index in [0.717, 1.165) is 27.9 Å². The summed E-state index contributed by atoms with van der Waals surface area (Å²) in [6.45, 7) is 5.43. The molecule has 0 atom stereocenters. The molecule has 37 heavy (non-hydrogen) atoms. The van der Waals surface area contributed by atoms with Gasteiger partial charge in [-0.1, -0.05) is 24.3 Å². The number of benzene rings is 1. The van der Waals surface area contributed by atoms with Crippen molar-refractivity contribution in [3.63, 3.8) is 0 Å². The second kappa shape index (κ2) is 10.7. The third-order valence-corrected chi connectivity index (χ3v) is 6.17. The minimum Gasteiger partial charge on any atom is -0.477 e. The first-order valence-corrected chi connectivity index (χ1v) is 11.5. The number of hydrogen-bond acceptors (Lipinski definition) is 7. The number of nitrogens with two attached hydrogens (primary N) is 1.